The van der Waals surface area contributed by atoms with Crippen LogP contribution in [-0.2, 0) is 9.59 Å². The van der Waals surface area contributed by atoms with Crippen LogP contribution in [0.1, 0.15) is 35.2 Å². The van der Waals surface area contributed by atoms with E-state index in [1.807, 2.05) is 0 Å². The summed E-state index contributed by atoms with van der Waals surface area (Å²) < 4.78 is 0. The molecule has 1 saturated carbocycles. The first-order valence-corrected chi connectivity index (χ1v) is 7.83. The van der Waals surface area contributed by atoms with Gasteiger partial charge in [-0.15, -0.1) is 0 Å². The number of nitrogens with one attached hydrogen (secondary N) is 2. The van der Waals surface area contributed by atoms with Gasteiger partial charge in [0.2, 0.25) is 5.91 Å². The molecule has 2 rings (SSSR count). The summed E-state index contributed by atoms with van der Waals surface area (Å²) in [6.45, 7) is 1.28. The van der Waals surface area contributed by atoms with Crippen LogP contribution < -0.4 is 10.6 Å². The van der Waals surface area contributed by atoms with E-state index in [9.17, 15) is 24.5 Å². The maximum atomic E-state index is 12.0. The lowest BCUT2D eigenvalue weighted by molar-refractivity contribution is -0.385. The average molecular weight is 349 g/mol. The van der Waals surface area contributed by atoms with Crippen molar-refractivity contribution in [2.45, 2.75) is 32.2 Å². The van der Waals surface area contributed by atoms with Gasteiger partial charge in [0, 0.05) is 23.2 Å². The van der Waals surface area contributed by atoms with E-state index in [2.05, 4.69) is 10.6 Å². The highest BCUT2D eigenvalue weighted by Gasteiger charge is 2.30. The van der Waals surface area contributed by atoms with E-state index in [1.165, 1.54) is 25.1 Å². The number of carbonyl (C=O) groups is 3. The second kappa shape index (κ2) is 7.73. The van der Waals surface area contributed by atoms with Crippen molar-refractivity contribution in [1.82, 2.24) is 10.6 Å². The monoisotopic (exact) mass is 349 g/mol. The van der Waals surface area contributed by atoms with E-state index < -0.39 is 28.6 Å². The second-order valence-corrected chi connectivity index (χ2v) is 6.05. The number of hydrogen-bond donors (Lipinski definition) is 3. The molecule has 1 aliphatic carbocycles. The molecule has 3 N–H and O–H groups in total. The number of nitro groups is 1. The zero-order valence-electron chi connectivity index (χ0n) is 13.7. The Balaban J connectivity index is 1.83. The molecule has 0 aromatic heterocycles. The number of hydrogen-bond acceptors (Lipinski definition) is 5. The van der Waals surface area contributed by atoms with Gasteiger partial charge in [-0.3, -0.25) is 24.5 Å². The van der Waals surface area contributed by atoms with Crippen molar-refractivity contribution >= 4 is 23.5 Å². The summed E-state index contributed by atoms with van der Waals surface area (Å²) >= 11 is 0. The normalized spacial score (nSPS) is 19.2. The zero-order valence-corrected chi connectivity index (χ0v) is 13.7. The van der Waals surface area contributed by atoms with Gasteiger partial charge in [-0.25, -0.2) is 0 Å². The standard InChI is InChI=1S/C16H19N3O6/c1-9-6-10(3-5-13(9)19(24)25)15(21)17-8-14(20)18-12-4-2-11(7-12)16(22)23/h3,5-6,11-12H,2,4,7-8H2,1H3,(H,17,21)(H,18,20)(H,22,23)/t11-,12+/m0/s1. The summed E-state index contributed by atoms with van der Waals surface area (Å²) in [5.41, 5.74) is 0.499. The van der Waals surface area contributed by atoms with Crippen LogP contribution in [0, 0.1) is 23.0 Å². The summed E-state index contributed by atoms with van der Waals surface area (Å²) in [7, 11) is 0. The van der Waals surface area contributed by atoms with Gasteiger partial charge in [0.25, 0.3) is 11.6 Å². The highest BCUT2D eigenvalue weighted by atomic mass is 16.6. The summed E-state index contributed by atoms with van der Waals surface area (Å²) in [4.78, 5) is 45.0. The molecule has 2 atom stereocenters. The minimum atomic E-state index is -0.862. The smallest absolute Gasteiger partial charge is 0.306 e. The van der Waals surface area contributed by atoms with Gasteiger partial charge >= 0.3 is 5.97 Å². The number of nitrogens with zero attached hydrogens (tertiary/aromatic N) is 1. The van der Waals surface area contributed by atoms with Crippen LogP contribution in [0.4, 0.5) is 5.69 Å². The van der Waals surface area contributed by atoms with E-state index in [0.717, 1.165) is 0 Å². The minimum absolute atomic E-state index is 0.0801. The number of aryl methyl sites for hydroxylation is 1. The van der Waals surface area contributed by atoms with Gasteiger partial charge in [0.15, 0.2) is 0 Å². The predicted octanol–water partition coefficient (Wildman–Crippen LogP) is 1.00. The van der Waals surface area contributed by atoms with E-state index in [-0.39, 0.29) is 23.8 Å². The Hall–Kier alpha value is -2.97. The molecule has 0 bridgehead atoms. The third kappa shape index (κ3) is 4.75. The number of amides is 2. The summed E-state index contributed by atoms with van der Waals surface area (Å²) in [6, 6.07) is 3.76. The van der Waals surface area contributed by atoms with E-state index in [1.54, 1.807) is 0 Å². The third-order valence-electron chi connectivity index (χ3n) is 4.21. The third-order valence-corrected chi connectivity index (χ3v) is 4.21. The molecular formula is C16H19N3O6. The summed E-state index contributed by atoms with van der Waals surface area (Å²) in [5.74, 6) is -2.22. The molecule has 134 valence electrons. The van der Waals surface area contributed by atoms with Gasteiger partial charge < -0.3 is 15.7 Å². The fourth-order valence-corrected chi connectivity index (χ4v) is 2.88. The molecule has 0 radical (unpaired) electrons. The highest BCUT2D eigenvalue weighted by molar-refractivity contribution is 5.96. The Labute approximate surface area is 143 Å². The molecular weight excluding hydrogens is 330 g/mol. The van der Waals surface area contributed by atoms with Gasteiger partial charge in [-0.1, -0.05) is 0 Å². The van der Waals surface area contributed by atoms with Crippen molar-refractivity contribution < 1.29 is 24.4 Å². The molecule has 1 fully saturated rings. The van der Waals surface area contributed by atoms with Gasteiger partial charge in [0.05, 0.1) is 17.4 Å². The van der Waals surface area contributed by atoms with E-state index in [4.69, 9.17) is 5.11 Å². The lowest BCUT2D eigenvalue weighted by atomic mass is 10.1. The topological polar surface area (TPSA) is 139 Å². The maximum absolute atomic E-state index is 12.0. The van der Waals surface area contributed by atoms with Gasteiger partial charge in [-0.05, 0) is 38.3 Å². The average Bonchev–Trinajstić information content (AvgIpc) is 3.00. The Morgan fingerprint density at radius 2 is 2.04 bits per heavy atom. The first-order valence-electron chi connectivity index (χ1n) is 7.83. The fraction of sp³-hybridized carbons (Fsp3) is 0.438. The molecule has 0 spiro atoms. The number of nitro benzene ring substituents is 1. The molecule has 0 unspecified atom stereocenters. The van der Waals surface area contributed by atoms with Crippen LogP contribution in [0.3, 0.4) is 0 Å². The molecule has 9 heteroatoms. The Morgan fingerprint density at radius 1 is 1.32 bits per heavy atom. The van der Waals surface area contributed by atoms with Crippen molar-refractivity contribution in [3.05, 3.63) is 39.4 Å². The highest BCUT2D eigenvalue weighted by Crippen LogP contribution is 2.25. The van der Waals surface area contributed by atoms with Crippen molar-refractivity contribution in [3.63, 3.8) is 0 Å². The molecule has 0 heterocycles. The molecule has 1 aromatic carbocycles. The maximum Gasteiger partial charge on any atom is 0.306 e. The van der Waals surface area contributed by atoms with Gasteiger partial charge in [-0.2, -0.15) is 0 Å². The number of aliphatic carboxylic acids is 1. The number of benzene rings is 1. The summed E-state index contributed by atoms with van der Waals surface area (Å²) in [5, 5.41) is 24.8. The fourth-order valence-electron chi connectivity index (χ4n) is 2.88. The van der Waals surface area contributed by atoms with Crippen LogP contribution in [0.15, 0.2) is 18.2 Å². The SMILES string of the molecule is Cc1cc(C(=O)NCC(=O)N[C@@H]2CC[C@H](C(=O)O)C2)ccc1[N+](=O)[O-]. The van der Waals surface area contributed by atoms with Crippen LogP contribution in [0.25, 0.3) is 0 Å². The first-order chi connectivity index (χ1) is 11.8. The molecule has 25 heavy (non-hydrogen) atoms. The lowest BCUT2D eigenvalue weighted by Gasteiger charge is -2.13. The molecule has 0 aliphatic heterocycles. The number of carboxylic acids is 1. The van der Waals surface area contributed by atoms with Crippen molar-refractivity contribution in [3.8, 4) is 0 Å². The van der Waals surface area contributed by atoms with Gasteiger partial charge in [0.1, 0.15) is 0 Å². The molecule has 9 nitrogen and oxygen atoms in total. The van der Waals surface area contributed by atoms with E-state index >= 15 is 0 Å². The Kier molecular flexibility index (Phi) is 5.68. The predicted molar refractivity (Wildman–Crippen MR) is 87.1 cm³/mol. The first kappa shape index (κ1) is 18.4. The Morgan fingerprint density at radius 3 is 2.60 bits per heavy atom. The largest absolute Gasteiger partial charge is 0.481 e. The molecule has 0 saturated heterocycles. The molecule has 2 amide bonds. The zero-order chi connectivity index (χ0) is 18.6. The lowest BCUT2D eigenvalue weighted by Crippen LogP contribution is -2.41. The van der Waals surface area contributed by atoms with Crippen LogP contribution in [0.2, 0.25) is 0 Å². The van der Waals surface area contributed by atoms with Crippen molar-refractivity contribution in [2.24, 2.45) is 5.92 Å². The quantitative estimate of drug-likeness (QED) is 0.517. The molecule has 1 aliphatic rings. The second-order valence-electron chi connectivity index (χ2n) is 6.05. The van der Waals surface area contributed by atoms with Crippen LogP contribution >= 0.6 is 0 Å². The van der Waals surface area contributed by atoms with E-state index in [0.29, 0.717) is 24.8 Å². The molecule has 1 aromatic rings. The number of carboxylic acid groups (broad SMARTS) is 1. The Bertz CT molecular complexity index is 718. The number of rotatable bonds is 6. The number of carbonyl (C=O) groups excluding carboxylic acids is 2. The van der Waals surface area contributed by atoms with Crippen molar-refractivity contribution in [1.29, 1.82) is 0 Å². The summed E-state index contributed by atoms with van der Waals surface area (Å²) in [6.07, 6.45) is 1.50. The van der Waals surface area contributed by atoms with Crippen molar-refractivity contribution in [2.75, 3.05) is 6.54 Å². The van der Waals surface area contributed by atoms with Crippen LogP contribution in [0.5, 0.6) is 0 Å². The minimum Gasteiger partial charge on any atom is -0.481 e. The van der Waals surface area contributed by atoms with Crippen LogP contribution in [-0.4, -0.2) is 40.4 Å².